The fourth-order valence-electron chi connectivity index (χ4n) is 2.51. The number of likely N-dealkylation sites (N-methyl/N-ethyl adjacent to an activating group) is 1. The number of nitrogens with zero attached hydrogens (tertiary/aromatic N) is 1. The zero-order valence-electron chi connectivity index (χ0n) is 11.1. The van der Waals surface area contributed by atoms with Crippen molar-refractivity contribution in [2.75, 3.05) is 31.6 Å². The molecule has 0 saturated heterocycles. The van der Waals surface area contributed by atoms with Crippen molar-refractivity contribution in [3.05, 3.63) is 29.8 Å². The molecule has 0 spiro atoms. The minimum absolute atomic E-state index is 0.0534. The summed E-state index contributed by atoms with van der Waals surface area (Å²) in [5.74, 6) is 0.0534. The van der Waals surface area contributed by atoms with Crippen LogP contribution >= 0.6 is 0 Å². The van der Waals surface area contributed by atoms with Crippen LogP contribution < -0.4 is 15.5 Å². The first kappa shape index (κ1) is 12.9. The molecular weight excluding hydrogens is 226 g/mol. The van der Waals surface area contributed by atoms with Crippen LogP contribution in [-0.4, -0.2) is 38.6 Å². The van der Waals surface area contributed by atoms with Crippen molar-refractivity contribution in [1.82, 2.24) is 10.6 Å². The van der Waals surface area contributed by atoms with E-state index in [9.17, 15) is 4.79 Å². The van der Waals surface area contributed by atoms with E-state index in [1.54, 1.807) is 7.05 Å². The summed E-state index contributed by atoms with van der Waals surface area (Å²) in [6, 6.07) is 9.02. The summed E-state index contributed by atoms with van der Waals surface area (Å²) in [4.78, 5) is 13.7. The summed E-state index contributed by atoms with van der Waals surface area (Å²) in [5, 5.41) is 5.76. The van der Waals surface area contributed by atoms with Gasteiger partial charge >= 0.3 is 0 Å². The Labute approximate surface area is 108 Å². The van der Waals surface area contributed by atoms with E-state index in [2.05, 4.69) is 46.7 Å². The van der Waals surface area contributed by atoms with Crippen molar-refractivity contribution < 1.29 is 4.79 Å². The van der Waals surface area contributed by atoms with Crippen LogP contribution in [0.3, 0.4) is 0 Å². The molecule has 4 nitrogen and oxygen atoms in total. The average molecular weight is 247 g/mol. The van der Waals surface area contributed by atoms with Crippen LogP contribution in [-0.2, 0) is 11.2 Å². The van der Waals surface area contributed by atoms with Crippen LogP contribution in [0.25, 0.3) is 0 Å². The molecule has 1 aliphatic heterocycles. The van der Waals surface area contributed by atoms with Gasteiger partial charge in [-0.2, -0.15) is 0 Å². The van der Waals surface area contributed by atoms with Crippen LogP contribution in [0.2, 0.25) is 0 Å². The number of benzene rings is 1. The third-order valence-corrected chi connectivity index (χ3v) is 3.36. The monoisotopic (exact) mass is 247 g/mol. The minimum Gasteiger partial charge on any atom is -0.367 e. The Kier molecular flexibility index (Phi) is 4.20. The van der Waals surface area contributed by atoms with E-state index in [1.807, 2.05) is 0 Å². The highest BCUT2D eigenvalue weighted by Crippen LogP contribution is 2.30. The Morgan fingerprint density at radius 3 is 3.00 bits per heavy atom. The average Bonchev–Trinajstić information content (AvgIpc) is 2.66. The van der Waals surface area contributed by atoms with Crippen molar-refractivity contribution in [3.8, 4) is 0 Å². The van der Waals surface area contributed by atoms with Gasteiger partial charge in [-0.25, -0.2) is 0 Å². The van der Waals surface area contributed by atoms with Gasteiger partial charge in [0.2, 0.25) is 5.91 Å². The van der Waals surface area contributed by atoms with E-state index >= 15 is 0 Å². The van der Waals surface area contributed by atoms with Gasteiger partial charge in [-0.1, -0.05) is 18.2 Å². The summed E-state index contributed by atoms with van der Waals surface area (Å²) in [6.07, 6.45) is 1.10. The fraction of sp³-hybridized carbons (Fsp3) is 0.500. The van der Waals surface area contributed by atoms with Gasteiger partial charge in [0, 0.05) is 24.8 Å². The first-order chi connectivity index (χ1) is 8.72. The van der Waals surface area contributed by atoms with Gasteiger partial charge in [-0.15, -0.1) is 0 Å². The van der Waals surface area contributed by atoms with E-state index in [1.165, 1.54) is 11.3 Å². The Hall–Kier alpha value is -1.55. The standard InChI is InChI=1S/C14H21N3O/c1-11-9-12-5-3-4-6-13(12)17(11)8-7-16-14(18)10-15-2/h3-6,11,15H,7-10H2,1-2H3,(H,16,18). The lowest BCUT2D eigenvalue weighted by molar-refractivity contribution is -0.120. The van der Waals surface area contributed by atoms with Gasteiger partial charge in [0.25, 0.3) is 0 Å². The molecule has 0 aliphatic carbocycles. The van der Waals surface area contributed by atoms with Crippen molar-refractivity contribution in [3.63, 3.8) is 0 Å². The molecule has 18 heavy (non-hydrogen) atoms. The molecule has 1 atom stereocenters. The summed E-state index contributed by atoms with van der Waals surface area (Å²) in [5.41, 5.74) is 2.72. The Balaban J connectivity index is 1.88. The van der Waals surface area contributed by atoms with Gasteiger partial charge in [-0.05, 0) is 32.0 Å². The van der Waals surface area contributed by atoms with Crippen molar-refractivity contribution in [2.45, 2.75) is 19.4 Å². The SMILES string of the molecule is CNCC(=O)NCCN1c2ccccc2CC1C. The number of amides is 1. The second-order valence-electron chi connectivity index (χ2n) is 4.76. The topological polar surface area (TPSA) is 44.4 Å². The number of para-hydroxylation sites is 1. The molecule has 1 unspecified atom stereocenters. The minimum atomic E-state index is 0.0534. The Bertz CT molecular complexity index is 419. The summed E-state index contributed by atoms with van der Waals surface area (Å²) in [6.45, 7) is 4.17. The molecule has 1 aromatic rings. The molecule has 0 aromatic heterocycles. The molecule has 0 fully saturated rings. The maximum atomic E-state index is 11.4. The second kappa shape index (κ2) is 5.87. The first-order valence-electron chi connectivity index (χ1n) is 6.48. The van der Waals surface area contributed by atoms with Crippen molar-refractivity contribution >= 4 is 11.6 Å². The number of rotatable bonds is 5. The molecule has 1 amide bonds. The van der Waals surface area contributed by atoms with Crippen LogP contribution in [0.4, 0.5) is 5.69 Å². The lowest BCUT2D eigenvalue weighted by Crippen LogP contribution is -2.40. The highest BCUT2D eigenvalue weighted by atomic mass is 16.1. The number of carbonyl (C=O) groups excluding carboxylic acids is 1. The van der Waals surface area contributed by atoms with E-state index in [0.717, 1.165) is 13.0 Å². The molecular formula is C14H21N3O. The molecule has 2 rings (SSSR count). The predicted octanol–water partition coefficient (Wildman–Crippen LogP) is 0.773. The highest BCUT2D eigenvalue weighted by Gasteiger charge is 2.24. The van der Waals surface area contributed by atoms with Gasteiger partial charge in [-0.3, -0.25) is 4.79 Å². The Morgan fingerprint density at radius 1 is 1.44 bits per heavy atom. The normalized spacial score (nSPS) is 17.7. The molecule has 1 aromatic carbocycles. The van der Waals surface area contributed by atoms with E-state index in [-0.39, 0.29) is 5.91 Å². The van der Waals surface area contributed by atoms with E-state index in [0.29, 0.717) is 19.1 Å². The molecule has 2 N–H and O–H groups in total. The number of hydrogen-bond donors (Lipinski definition) is 2. The van der Waals surface area contributed by atoms with Crippen LogP contribution in [0, 0.1) is 0 Å². The maximum Gasteiger partial charge on any atom is 0.234 e. The molecule has 4 heteroatoms. The zero-order chi connectivity index (χ0) is 13.0. The van der Waals surface area contributed by atoms with Crippen LogP contribution in [0.1, 0.15) is 12.5 Å². The number of anilines is 1. The molecule has 98 valence electrons. The number of fused-ring (bicyclic) bond motifs is 1. The number of hydrogen-bond acceptors (Lipinski definition) is 3. The zero-order valence-corrected chi connectivity index (χ0v) is 11.1. The quantitative estimate of drug-likeness (QED) is 0.808. The number of nitrogens with one attached hydrogen (secondary N) is 2. The van der Waals surface area contributed by atoms with Crippen molar-refractivity contribution in [2.24, 2.45) is 0 Å². The van der Waals surface area contributed by atoms with Gasteiger partial charge in [0.15, 0.2) is 0 Å². The van der Waals surface area contributed by atoms with Crippen LogP contribution in [0.5, 0.6) is 0 Å². The van der Waals surface area contributed by atoms with E-state index < -0.39 is 0 Å². The number of carbonyl (C=O) groups is 1. The lowest BCUT2D eigenvalue weighted by Gasteiger charge is -2.25. The van der Waals surface area contributed by atoms with Gasteiger partial charge in [0.05, 0.1) is 6.54 Å². The van der Waals surface area contributed by atoms with E-state index in [4.69, 9.17) is 0 Å². The van der Waals surface area contributed by atoms with Gasteiger partial charge in [0.1, 0.15) is 0 Å². The Morgan fingerprint density at radius 2 is 2.22 bits per heavy atom. The van der Waals surface area contributed by atoms with Gasteiger partial charge < -0.3 is 15.5 Å². The predicted molar refractivity (Wildman–Crippen MR) is 73.9 cm³/mol. The molecule has 0 radical (unpaired) electrons. The first-order valence-corrected chi connectivity index (χ1v) is 6.48. The smallest absolute Gasteiger partial charge is 0.234 e. The molecule has 1 aliphatic rings. The summed E-state index contributed by atoms with van der Waals surface area (Å²) >= 11 is 0. The lowest BCUT2D eigenvalue weighted by atomic mass is 10.1. The summed E-state index contributed by atoms with van der Waals surface area (Å²) in [7, 11) is 1.78. The second-order valence-corrected chi connectivity index (χ2v) is 4.76. The van der Waals surface area contributed by atoms with Crippen molar-refractivity contribution in [1.29, 1.82) is 0 Å². The highest BCUT2D eigenvalue weighted by molar-refractivity contribution is 5.78. The molecule has 0 bridgehead atoms. The third kappa shape index (κ3) is 2.82. The van der Waals surface area contributed by atoms with Crippen LogP contribution in [0.15, 0.2) is 24.3 Å². The summed E-state index contributed by atoms with van der Waals surface area (Å²) < 4.78 is 0. The molecule has 0 saturated carbocycles. The third-order valence-electron chi connectivity index (χ3n) is 3.36. The maximum absolute atomic E-state index is 11.4. The fourth-order valence-corrected chi connectivity index (χ4v) is 2.51. The largest absolute Gasteiger partial charge is 0.367 e. The molecule has 1 heterocycles.